The zero-order chi connectivity index (χ0) is 13.1. The summed E-state index contributed by atoms with van der Waals surface area (Å²) in [5.74, 6) is 0.739. The standard InChI is InChI=1S/C14H20N2O2/c1-11-4-3-8-16(9-7-11)14(18)12-5-6-13(17)15(2)10-12/h5-6,10-11H,3-4,7-9H2,1-2H3/t11-/m1/s1. The van der Waals surface area contributed by atoms with Crippen LogP contribution in [0.4, 0.5) is 0 Å². The molecule has 0 saturated carbocycles. The number of likely N-dealkylation sites (tertiary alicyclic amines) is 1. The lowest BCUT2D eigenvalue weighted by molar-refractivity contribution is 0.0759. The van der Waals surface area contributed by atoms with E-state index in [9.17, 15) is 9.59 Å². The highest BCUT2D eigenvalue weighted by atomic mass is 16.2. The van der Waals surface area contributed by atoms with E-state index in [4.69, 9.17) is 0 Å². The Morgan fingerprint density at radius 2 is 2.06 bits per heavy atom. The summed E-state index contributed by atoms with van der Waals surface area (Å²) in [5.41, 5.74) is 0.516. The van der Waals surface area contributed by atoms with Crippen LogP contribution in [0.5, 0.6) is 0 Å². The number of hydrogen-bond acceptors (Lipinski definition) is 2. The maximum absolute atomic E-state index is 12.3. The number of carbonyl (C=O) groups is 1. The van der Waals surface area contributed by atoms with Crippen molar-refractivity contribution in [2.24, 2.45) is 13.0 Å². The van der Waals surface area contributed by atoms with E-state index >= 15 is 0 Å². The summed E-state index contributed by atoms with van der Waals surface area (Å²) in [6.45, 7) is 3.88. The van der Waals surface area contributed by atoms with Crippen molar-refractivity contribution in [1.29, 1.82) is 0 Å². The SMILES string of the molecule is C[C@@H]1CCCN(C(=O)c2ccc(=O)n(C)c2)CC1. The number of nitrogens with zero attached hydrogens (tertiary/aromatic N) is 2. The van der Waals surface area contributed by atoms with Crippen molar-refractivity contribution < 1.29 is 4.79 Å². The van der Waals surface area contributed by atoms with Gasteiger partial charge < -0.3 is 9.47 Å². The van der Waals surface area contributed by atoms with Gasteiger partial charge in [-0.25, -0.2) is 0 Å². The van der Waals surface area contributed by atoms with Crippen LogP contribution in [0.25, 0.3) is 0 Å². The third kappa shape index (κ3) is 2.81. The number of hydrogen-bond donors (Lipinski definition) is 0. The fourth-order valence-corrected chi connectivity index (χ4v) is 2.37. The van der Waals surface area contributed by atoms with Gasteiger partial charge in [0, 0.05) is 32.4 Å². The average Bonchev–Trinajstić information content (AvgIpc) is 2.57. The molecule has 2 rings (SSSR count). The Labute approximate surface area is 107 Å². The van der Waals surface area contributed by atoms with E-state index in [1.165, 1.54) is 17.1 Å². The molecular formula is C14H20N2O2. The first-order valence-electron chi connectivity index (χ1n) is 6.54. The molecule has 0 spiro atoms. The third-order valence-electron chi connectivity index (χ3n) is 3.64. The van der Waals surface area contributed by atoms with Gasteiger partial charge in [-0.1, -0.05) is 6.92 Å². The predicted octanol–water partition coefficient (Wildman–Crippen LogP) is 1.65. The van der Waals surface area contributed by atoms with Gasteiger partial charge in [0.15, 0.2) is 0 Å². The molecule has 98 valence electrons. The summed E-state index contributed by atoms with van der Waals surface area (Å²) < 4.78 is 1.45. The van der Waals surface area contributed by atoms with E-state index < -0.39 is 0 Å². The van der Waals surface area contributed by atoms with Gasteiger partial charge in [-0.15, -0.1) is 0 Å². The smallest absolute Gasteiger partial charge is 0.255 e. The van der Waals surface area contributed by atoms with Crippen molar-refractivity contribution in [1.82, 2.24) is 9.47 Å². The largest absolute Gasteiger partial charge is 0.339 e. The van der Waals surface area contributed by atoms with E-state index in [0.29, 0.717) is 11.5 Å². The molecule has 4 heteroatoms. The average molecular weight is 248 g/mol. The summed E-state index contributed by atoms with van der Waals surface area (Å²) in [6.07, 6.45) is 4.95. The summed E-state index contributed by atoms with van der Waals surface area (Å²) in [7, 11) is 1.67. The van der Waals surface area contributed by atoms with Gasteiger partial charge >= 0.3 is 0 Å². The van der Waals surface area contributed by atoms with Gasteiger partial charge in [-0.2, -0.15) is 0 Å². The summed E-state index contributed by atoms with van der Waals surface area (Å²) in [5, 5.41) is 0. The minimum atomic E-state index is -0.0870. The predicted molar refractivity (Wildman–Crippen MR) is 70.6 cm³/mol. The van der Waals surface area contributed by atoms with Crippen molar-refractivity contribution in [3.8, 4) is 0 Å². The van der Waals surface area contributed by atoms with E-state index in [2.05, 4.69) is 6.92 Å². The van der Waals surface area contributed by atoms with Crippen LogP contribution in [0.15, 0.2) is 23.1 Å². The number of aromatic nitrogens is 1. The van der Waals surface area contributed by atoms with Crippen molar-refractivity contribution >= 4 is 5.91 Å². The maximum Gasteiger partial charge on any atom is 0.255 e. The van der Waals surface area contributed by atoms with Crippen LogP contribution in [-0.2, 0) is 7.05 Å². The van der Waals surface area contributed by atoms with Crippen LogP contribution in [0.2, 0.25) is 0 Å². The minimum absolute atomic E-state index is 0.0414. The van der Waals surface area contributed by atoms with E-state index in [1.807, 2.05) is 4.90 Å². The summed E-state index contributed by atoms with van der Waals surface area (Å²) >= 11 is 0. The molecule has 4 nitrogen and oxygen atoms in total. The number of aryl methyl sites for hydroxylation is 1. The Morgan fingerprint density at radius 1 is 1.28 bits per heavy atom. The molecule has 18 heavy (non-hydrogen) atoms. The second kappa shape index (κ2) is 5.38. The van der Waals surface area contributed by atoms with E-state index in [0.717, 1.165) is 25.9 Å². The topological polar surface area (TPSA) is 42.3 Å². The lowest BCUT2D eigenvalue weighted by Crippen LogP contribution is -2.32. The van der Waals surface area contributed by atoms with Crippen LogP contribution in [0.1, 0.15) is 36.5 Å². The van der Waals surface area contributed by atoms with E-state index in [-0.39, 0.29) is 11.5 Å². The first-order valence-corrected chi connectivity index (χ1v) is 6.54. The molecule has 1 aromatic rings. The highest BCUT2D eigenvalue weighted by Gasteiger charge is 2.19. The molecule has 1 amide bonds. The Kier molecular flexibility index (Phi) is 3.84. The van der Waals surface area contributed by atoms with Gasteiger partial charge in [0.05, 0.1) is 5.56 Å². The number of amides is 1. The molecule has 0 bridgehead atoms. The Balaban J connectivity index is 2.15. The zero-order valence-electron chi connectivity index (χ0n) is 11.1. The Morgan fingerprint density at radius 3 is 2.78 bits per heavy atom. The summed E-state index contributed by atoms with van der Waals surface area (Å²) in [6, 6.07) is 3.08. The van der Waals surface area contributed by atoms with Crippen LogP contribution in [0, 0.1) is 5.92 Å². The first kappa shape index (κ1) is 12.9. The number of rotatable bonds is 1. The van der Waals surface area contributed by atoms with Crippen LogP contribution in [-0.4, -0.2) is 28.5 Å². The molecule has 0 N–H and O–H groups in total. The molecule has 0 aromatic carbocycles. The minimum Gasteiger partial charge on any atom is -0.339 e. The third-order valence-corrected chi connectivity index (χ3v) is 3.64. The van der Waals surface area contributed by atoms with Gasteiger partial charge in [0.2, 0.25) is 5.56 Å². The fraction of sp³-hybridized carbons (Fsp3) is 0.571. The lowest BCUT2D eigenvalue weighted by atomic mass is 10.0. The molecule has 1 saturated heterocycles. The summed E-state index contributed by atoms with van der Waals surface area (Å²) in [4.78, 5) is 25.5. The van der Waals surface area contributed by atoms with Crippen molar-refractivity contribution in [2.45, 2.75) is 26.2 Å². The first-order chi connectivity index (χ1) is 8.58. The maximum atomic E-state index is 12.3. The molecule has 0 unspecified atom stereocenters. The normalized spacial score (nSPS) is 20.6. The molecule has 1 aromatic heterocycles. The Bertz CT molecular complexity index is 493. The lowest BCUT2D eigenvalue weighted by Gasteiger charge is -2.20. The molecule has 0 aliphatic carbocycles. The molecule has 1 aliphatic heterocycles. The van der Waals surface area contributed by atoms with Crippen LogP contribution in [0.3, 0.4) is 0 Å². The molecule has 1 aliphatic rings. The molecule has 1 atom stereocenters. The molecular weight excluding hydrogens is 228 g/mol. The highest BCUT2D eigenvalue weighted by Crippen LogP contribution is 2.17. The number of pyridine rings is 1. The number of carbonyl (C=O) groups excluding carboxylic acids is 1. The van der Waals surface area contributed by atoms with Crippen molar-refractivity contribution in [2.75, 3.05) is 13.1 Å². The molecule has 0 radical (unpaired) electrons. The Hall–Kier alpha value is -1.58. The van der Waals surface area contributed by atoms with Crippen LogP contribution >= 0.6 is 0 Å². The van der Waals surface area contributed by atoms with Gasteiger partial charge in [0.25, 0.3) is 5.91 Å². The van der Waals surface area contributed by atoms with Gasteiger partial charge in [-0.05, 0) is 31.2 Å². The van der Waals surface area contributed by atoms with E-state index in [1.54, 1.807) is 19.3 Å². The molecule has 2 heterocycles. The second-order valence-electron chi connectivity index (χ2n) is 5.20. The highest BCUT2D eigenvalue weighted by molar-refractivity contribution is 5.93. The second-order valence-corrected chi connectivity index (χ2v) is 5.20. The zero-order valence-corrected chi connectivity index (χ0v) is 11.1. The monoisotopic (exact) mass is 248 g/mol. The van der Waals surface area contributed by atoms with Gasteiger partial charge in [-0.3, -0.25) is 9.59 Å². The van der Waals surface area contributed by atoms with Crippen LogP contribution < -0.4 is 5.56 Å². The van der Waals surface area contributed by atoms with Gasteiger partial charge in [0.1, 0.15) is 0 Å². The van der Waals surface area contributed by atoms with Crippen molar-refractivity contribution in [3.05, 3.63) is 34.2 Å². The fourth-order valence-electron chi connectivity index (χ4n) is 2.37. The van der Waals surface area contributed by atoms with Crippen molar-refractivity contribution in [3.63, 3.8) is 0 Å². The quantitative estimate of drug-likeness (QED) is 0.758. The molecule has 1 fully saturated rings.